The third-order valence-corrected chi connectivity index (χ3v) is 5.72. The number of fused-ring (bicyclic) bond motifs is 2. The molecule has 1 saturated carbocycles. The minimum Gasteiger partial charge on any atom is -0.378 e. The molecule has 0 N–H and O–H groups in total. The molecule has 5 heteroatoms. The average molecular weight is 293 g/mol. The van der Waals surface area contributed by atoms with E-state index in [1.54, 1.807) is 0 Å². The average Bonchev–Trinajstić information content (AvgIpc) is 3.27. The van der Waals surface area contributed by atoms with Crippen molar-refractivity contribution in [2.45, 2.75) is 44.3 Å². The van der Waals surface area contributed by atoms with E-state index in [1.807, 2.05) is 0 Å². The van der Waals surface area contributed by atoms with Crippen LogP contribution in [0.3, 0.4) is 0 Å². The lowest BCUT2D eigenvalue weighted by molar-refractivity contribution is -0.180. The first-order valence-corrected chi connectivity index (χ1v) is 8.46. The zero-order valence-electron chi connectivity index (χ0n) is 13.3. The van der Waals surface area contributed by atoms with Crippen LogP contribution in [-0.2, 0) is 9.53 Å². The van der Waals surface area contributed by atoms with Crippen molar-refractivity contribution in [3.05, 3.63) is 0 Å². The van der Waals surface area contributed by atoms with Gasteiger partial charge in [-0.15, -0.1) is 0 Å². The second-order valence-corrected chi connectivity index (χ2v) is 7.64. The van der Waals surface area contributed by atoms with Crippen LogP contribution in [0.5, 0.6) is 0 Å². The molecule has 4 aliphatic rings. The molecule has 1 spiro atoms. The number of morpholine rings is 1. The summed E-state index contributed by atoms with van der Waals surface area (Å²) in [6, 6.07) is 1.08. The molecule has 4 rings (SSSR count). The summed E-state index contributed by atoms with van der Waals surface area (Å²) in [5, 5.41) is 0. The van der Waals surface area contributed by atoms with E-state index in [0.717, 1.165) is 58.8 Å². The number of carbonyl (C=O) groups is 1. The van der Waals surface area contributed by atoms with Crippen LogP contribution in [0, 0.1) is 5.92 Å². The number of nitrogens with zero attached hydrogens (tertiary/aromatic N) is 3. The molecule has 1 aliphatic carbocycles. The highest BCUT2D eigenvalue weighted by Crippen LogP contribution is 2.39. The number of rotatable bonds is 2. The third-order valence-electron chi connectivity index (χ3n) is 5.72. The van der Waals surface area contributed by atoms with Crippen LogP contribution >= 0.6 is 0 Å². The lowest BCUT2D eigenvalue weighted by Gasteiger charge is -2.64. The van der Waals surface area contributed by atoms with E-state index >= 15 is 0 Å². The molecule has 3 heterocycles. The first-order valence-electron chi connectivity index (χ1n) is 8.46. The van der Waals surface area contributed by atoms with Gasteiger partial charge in [0.1, 0.15) is 0 Å². The zero-order valence-corrected chi connectivity index (χ0v) is 13.3. The molecule has 1 amide bonds. The normalized spacial score (nSPS) is 33.1. The van der Waals surface area contributed by atoms with E-state index in [1.165, 1.54) is 0 Å². The molecule has 0 aromatic heterocycles. The van der Waals surface area contributed by atoms with E-state index in [4.69, 9.17) is 4.74 Å². The topological polar surface area (TPSA) is 36.0 Å². The standard InChI is InChI=1S/C16H27N3O2/c1-12(2)17-7-14-8-21-6-5-19(14)16(9-17)10-18(11-16)15(20)13-3-4-13/h12-14H,3-11H2,1-2H3/t14-/m1/s1. The van der Waals surface area contributed by atoms with Crippen molar-refractivity contribution < 1.29 is 9.53 Å². The molecule has 3 saturated heterocycles. The van der Waals surface area contributed by atoms with Gasteiger partial charge in [-0.05, 0) is 26.7 Å². The summed E-state index contributed by atoms with van der Waals surface area (Å²) in [6.45, 7) is 11.4. The van der Waals surface area contributed by atoms with Gasteiger partial charge in [-0.2, -0.15) is 0 Å². The van der Waals surface area contributed by atoms with E-state index in [0.29, 0.717) is 23.9 Å². The highest BCUT2D eigenvalue weighted by atomic mass is 16.5. The van der Waals surface area contributed by atoms with Gasteiger partial charge in [0, 0.05) is 50.7 Å². The SMILES string of the molecule is CC(C)N1C[C@@H]2COCCN2C2(CN(C(=O)C3CC3)C2)C1. The summed E-state index contributed by atoms with van der Waals surface area (Å²) in [4.78, 5) is 19.6. The summed E-state index contributed by atoms with van der Waals surface area (Å²) >= 11 is 0. The molecule has 3 aliphatic heterocycles. The van der Waals surface area contributed by atoms with Crippen LogP contribution in [0.25, 0.3) is 0 Å². The van der Waals surface area contributed by atoms with Gasteiger partial charge in [-0.3, -0.25) is 14.6 Å². The van der Waals surface area contributed by atoms with Crippen LogP contribution in [0.1, 0.15) is 26.7 Å². The molecule has 0 aromatic rings. The first kappa shape index (κ1) is 14.0. The molecule has 0 aromatic carbocycles. The molecule has 21 heavy (non-hydrogen) atoms. The number of hydrogen-bond donors (Lipinski definition) is 0. The Bertz CT molecular complexity index is 429. The maximum atomic E-state index is 12.3. The second-order valence-electron chi connectivity index (χ2n) is 7.64. The Labute approximate surface area is 127 Å². The lowest BCUT2D eigenvalue weighted by atomic mass is 9.82. The first-order chi connectivity index (χ1) is 10.1. The summed E-state index contributed by atoms with van der Waals surface area (Å²) in [5.74, 6) is 0.764. The molecule has 4 fully saturated rings. The fraction of sp³-hybridized carbons (Fsp3) is 0.938. The lowest BCUT2D eigenvalue weighted by Crippen LogP contribution is -2.81. The minimum atomic E-state index is 0.196. The smallest absolute Gasteiger partial charge is 0.225 e. The molecule has 118 valence electrons. The van der Waals surface area contributed by atoms with Crippen LogP contribution in [0.15, 0.2) is 0 Å². The van der Waals surface area contributed by atoms with E-state index in [-0.39, 0.29) is 5.54 Å². The van der Waals surface area contributed by atoms with E-state index < -0.39 is 0 Å². The molecule has 5 nitrogen and oxygen atoms in total. The quantitative estimate of drug-likeness (QED) is 0.738. The Morgan fingerprint density at radius 2 is 2.00 bits per heavy atom. The third kappa shape index (κ3) is 2.30. The van der Waals surface area contributed by atoms with Crippen LogP contribution in [0.4, 0.5) is 0 Å². The highest BCUT2D eigenvalue weighted by Gasteiger charge is 2.56. The Balaban J connectivity index is 1.50. The predicted molar refractivity (Wildman–Crippen MR) is 80.1 cm³/mol. The summed E-state index contributed by atoms with van der Waals surface area (Å²) in [6.07, 6.45) is 2.22. The van der Waals surface area contributed by atoms with Gasteiger partial charge in [0.05, 0.1) is 18.8 Å². The molecule has 0 radical (unpaired) electrons. The fourth-order valence-electron chi connectivity index (χ4n) is 4.32. The van der Waals surface area contributed by atoms with Crippen LogP contribution in [0.2, 0.25) is 0 Å². The molecular weight excluding hydrogens is 266 g/mol. The van der Waals surface area contributed by atoms with Gasteiger partial charge >= 0.3 is 0 Å². The van der Waals surface area contributed by atoms with Crippen molar-refractivity contribution in [1.29, 1.82) is 0 Å². The van der Waals surface area contributed by atoms with Gasteiger partial charge in [0.25, 0.3) is 0 Å². The van der Waals surface area contributed by atoms with Gasteiger partial charge in [-0.1, -0.05) is 0 Å². The van der Waals surface area contributed by atoms with Gasteiger partial charge in [0.15, 0.2) is 0 Å². The monoisotopic (exact) mass is 293 g/mol. The number of likely N-dealkylation sites (tertiary alicyclic amines) is 1. The summed E-state index contributed by atoms with van der Waals surface area (Å²) in [5.41, 5.74) is 0.196. The molecule has 1 atom stereocenters. The summed E-state index contributed by atoms with van der Waals surface area (Å²) < 4.78 is 5.70. The Morgan fingerprint density at radius 3 is 2.67 bits per heavy atom. The van der Waals surface area contributed by atoms with Crippen molar-refractivity contribution in [1.82, 2.24) is 14.7 Å². The van der Waals surface area contributed by atoms with Crippen molar-refractivity contribution in [3.8, 4) is 0 Å². The predicted octanol–water partition coefficient (Wildman–Crippen LogP) is 0.402. The van der Waals surface area contributed by atoms with Crippen LogP contribution in [-0.4, -0.2) is 84.2 Å². The van der Waals surface area contributed by atoms with E-state index in [9.17, 15) is 4.79 Å². The largest absolute Gasteiger partial charge is 0.378 e. The minimum absolute atomic E-state index is 0.196. The number of carbonyl (C=O) groups excluding carboxylic acids is 1. The van der Waals surface area contributed by atoms with E-state index in [2.05, 4.69) is 28.5 Å². The number of ether oxygens (including phenoxy) is 1. The highest BCUT2D eigenvalue weighted by molar-refractivity contribution is 5.82. The summed E-state index contributed by atoms with van der Waals surface area (Å²) in [7, 11) is 0. The fourth-order valence-corrected chi connectivity index (χ4v) is 4.32. The Morgan fingerprint density at radius 1 is 1.24 bits per heavy atom. The second kappa shape index (κ2) is 4.93. The maximum absolute atomic E-state index is 12.3. The van der Waals surface area contributed by atoms with Crippen molar-refractivity contribution >= 4 is 5.91 Å². The van der Waals surface area contributed by atoms with Crippen molar-refractivity contribution in [2.75, 3.05) is 45.9 Å². The molecular formula is C16H27N3O2. The Hall–Kier alpha value is -0.650. The van der Waals surface area contributed by atoms with Gasteiger partial charge in [0.2, 0.25) is 5.91 Å². The van der Waals surface area contributed by atoms with Crippen LogP contribution < -0.4 is 0 Å². The Kier molecular flexibility index (Phi) is 3.28. The van der Waals surface area contributed by atoms with Gasteiger partial charge < -0.3 is 9.64 Å². The molecule has 0 bridgehead atoms. The van der Waals surface area contributed by atoms with Crippen molar-refractivity contribution in [2.24, 2.45) is 5.92 Å². The number of amides is 1. The zero-order chi connectivity index (χ0) is 14.6. The van der Waals surface area contributed by atoms with Gasteiger partial charge in [-0.25, -0.2) is 0 Å². The number of piperazine rings is 1. The number of hydrogen-bond acceptors (Lipinski definition) is 4. The maximum Gasteiger partial charge on any atom is 0.225 e. The molecule has 0 unspecified atom stereocenters. The van der Waals surface area contributed by atoms with Crippen molar-refractivity contribution in [3.63, 3.8) is 0 Å².